The van der Waals surface area contributed by atoms with Gasteiger partial charge in [-0.05, 0) is 141 Å². The summed E-state index contributed by atoms with van der Waals surface area (Å²) in [5, 5.41) is 9.95. The summed E-state index contributed by atoms with van der Waals surface area (Å²) in [4.78, 5) is 2.42. The molecule has 0 radical (unpaired) electrons. The van der Waals surface area contributed by atoms with Crippen LogP contribution in [0.1, 0.15) is 0 Å². The lowest BCUT2D eigenvalue weighted by Gasteiger charge is -2.27. The van der Waals surface area contributed by atoms with E-state index in [1.54, 1.807) is 0 Å². The van der Waals surface area contributed by atoms with E-state index >= 15 is 0 Å². The SMILES string of the molecule is c1ccc(-c2c(-c3ccccc3)c3cc(-c4cccc(N(c5cccc(-c6cccc7ccccc67)c5)c5cccc(-c6cccc7ccccc67)c5)c4)ccc3c3ccccc23)cc1. The molecule has 1 nitrogen and oxygen atoms in total. The van der Waals surface area contributed by atoms with E-state index in [4.69, 9.17) is 0 Å². The summed E-state index contributed by atoms with van der Waals surface area (Å²) in [6, 6.07) is 95.3. The first-order valence-electron chi connectivity index (χ1n) is 22.4. The number of rotatable bonds is 8. The smallest absolute Gasteiger partial charge is 0.0467 e. The van der Waals surface area contributed by atoms with Crippen LogP contribution in [0.3, 0.4) is 0 Å². The molecule has 304 valence electrons. The molecule has 0 atom stereocenters. The van der Waals surface area contributed by atoms with Crippen LogP contribution in [0, 0.1) is 0 Å². The third-order valence-electron chi connectivity index (χ3n) is 13.0. The van der Waals surface area contributed by atoms with Crippen molar-refractivity contribution in [3.8, 4) is 55.6 Å². The van der Waals surface area contributed by atoms with Crippen LogP contribution in [-0.2, 0) is 0 Å². The monoisotopic (exact) mass is 825 g/mol. The van der Waals surface area contributed by atoms with Gasteiger partial charge in [-0.25, -0.2) is 0 Å². The van der Waals surface area contributed by atoms with Gasteiger partial charge < -0.3 is 4.90 Å². The van der Waals surface area contributed by atoms with Gasteiger partial charge in [0.05, 0.1) is 0 Å². The maximum Gasteiger partial charge on any atom is 0.0467 e. The highest BCUT2D eigenvalue weighted by molar-refractivity contribution is 6.22. The molecule has 0 heterocycles. The van der Waals surface area contributed by atoms with Crippen LogP contribution in [0.25, 0.3) is 98.7 Å². The molecule has 0 spiro atoms. The summed E-state index contributed by atoms with van der Waals surface area (Å²) in [6.45, 7) is 0. The lowest BCUT2D eigenvalue weighted by atomic mass is 9.84. The van der Waals surface area contributed by atoms with Crippen LogP contribution < -0.4 is 4.90 Å². The van der Waals surface area contributed by atoms with Crippen molar-refractivity contribution in [3.63, 3.8) is 0 Å². The predicted octanol–water partition coefficient (Wildman–Crippen LogP) is 18.1. The molecular formula is C64H43N. The molecule has 0 aliphatic heterocycles. The summed E-state index contributed by atoms with van der Waals surface area (Å²) in [7, 11) is 0. The first kappa shape index (κ1) is 38.2. The van der Waals surface area contributed by atoms with E-state index in [-0.39, 0.29) is 0 Å². The zero-order valence-electron chi connectivity index (χ0n) is 35.8. The number of fused-ring (bicyclic) bond motifs is 5. The Kier molecular flexibility index (Phi) is 9.58. The Hall–Kier alpha value is -8.52. The van der Waals surface area contributed by atoms with Gasteiger partial charge in [0.25, 0.3) is 0 Å². The van der Waals surface area contributed by atoms with Crippen molar-refractivity contribution in [1.82, 2.24) is 0 Å². The fourth-order valence-corrected chi connectivity index (χ4v) is 10.0. The second kappa shape index (κ2) is 16.3. The molecule has 0 fully saturated rings. The molecule has 12 aromatic carbocycles. The molecule has 0 aromatic heterocycles. The Bertz CT molecular complexity index is 3580. The second-order valence-electron chi connectivity index (χ2n) is 16.8. The number of hydrogen-bond acceptors (Lipinski definition) is 1. The van der Waals surface area contributed by atoms with Crippen LogP contribution >= 0.6 is 0 Å². The summed E-state index contributed by atoms with van der Waals surface area (Å²) < 4.78 is 0. The van der Waals surface area contributed by atoms with Gasteiger partial charge in [-0.15, -0.1) is 0 Å². The van der Waals surface area contributed by atoms with E-state index in [9.17, 15) is 0 Å². The highest BCUT2D eigenvalue weighted by Crippen LogP contribution is 2.46. The van der Waals surface area contributed by atoms with Crippen molar-refractivity contribution in [1.29, 1.82) is 0 Å². The maximum atomic E-state index is 2.42. The zero-order valence-corrected chi connectivity index (χ0v) is 35.8. The molecule has 0 aliphatic carbocycles. The van der Waals surface area contributed by atoms with Crippen molar-refractivity contribution in [3.05, 3.63) is 261 Å². The molecule has 1 heteroatoms. The first-order chi connectivity index (χ1) is 32.2. The van der Waals surface area contributed by atoms with Crippen molar-refractivity contribution in [2.24, 2.45) is 0 Å². The molecule has 0 aliphatic rings. The Balaban J connectivity index is 1.06. The van der Waals surface area contributed by atoms with Gasteiger partial charge in [-0.1, -0.05) is 218 Å². The van der Waals surface area contributed by atoms with Crippen LogP contribution in [-0.4, -0.2) is 0 Å². The van der Waals surface area contributed by atoms with E-state index in [2.05, 4.69) is 266 Å². The molecule has 0 unspecified atom stereocenters. The fraction of sp³-hybridized carbons (Fsp3) is 0. The second-order valence-corrected chi connectivity index (χ2v) is 16.8. The molecular weight excluding hydrogens is 783 g/mol. The van der Waals surface area contributed by atoms with Gasteiger partial charge in [0, 0.05) is 17.1 Å². The van der Waals surface area contributed by atoms with E-state index in [1.807, 2.05) is 0 Å². The highest BCUT2D eigenvalue weighted by Gasteiger charge is 2.20. The van der Waals surface area contributed by atoms with Gasteiger partial charge in [-0.3, -0.25) is 0 Å². The van der Waals surface area contributed by atoms with Gasteiger partial charge >= 0.3 is 0 Å². The lowest BCUT2D eigenvalue weighted by molar-refractivity contribution is 1.28. The van der Waals surface area contributed by atoms with Crippen molar-refractivity contribution in [2.75, 3.05) is 4.90 Å². The minimum atomic E-state index is 1.08. The Labute approximate surface area is 379 Å². The summed E-state index contributed by atoms with van der Waals surface area (Å²) in [5.41, 5.74) is 15.3. The molecule has 0 N–H and O–H groups in total. The Morgan fingerprint density at radius 2 is 0.569 bits per heavy atom. The lowest BCUT2D eigenvalue weighted by Crippen LogP contribution is -2.10. The van der Waals surface area contributed by atoms with Crippen LogP contribution in [0.4, 0.5) is 17.1 Å². The standard InChI is InChI=1S/C64H43N/c1-3-20-46(21-4-1)63-61-35-12-11-34-59(61)60-39-38-49(43-62(60)64(63)47-22-5-2-6-23-47)48-26-13-29-52(40-48)65(53-30-14-27-50(41-53)57-36-16-24-44-18-7-9-32-55(44)57)54-31-15-28-51(42-54)58-37-17-25-45-19-8-10-33-56(45)58/h1-43H. The summed E-state index contributed by atoms with van der Waals surface area (Å²) in [5.74, 6) is 0. The van der Waals surface area contributed by atoms with Gasteiger partial charge in [0.15, 0.2) is 0 Å². The molecule has 0 bridgehead atoms. The molecule has 65 heavy (non-hydrogen) atoms. The quantitative estimate of drug-likeness (QED) is 0.138. The predicted molar refractivity (Wildman–Crippen MR) is 278 cm³/mol. The molecule has 12 aromatic rings. The topological polar surface area (TPSA) is 3.24 Å². The van der Waals surface area contributed by atoms with Gasteiger partial charge in [0.2, 0.25) is 0 Å². The first-order valence-corrected chi connectivity index (χ1v) is 22.4. The Morgan fingerprint density at radius 3 is 1.12 bits per heavy atom. The van der Waals surface area contributed by atoms with Gasteiger partial charge in [-0.2, -0.15) is 0 Å². The minimum Gasteiger partial charge on any atom is -0.310 e. The Morgan fingerprint density at radius 1 is 0.200 bits per heavy atom. The highest BCUT2D eigenvalue weighted by atomic mass is 15.1. The summed E-state index contributed by atoms with van der Waals surface area (Å²) in [6.07, 6.45) is 0. The fourth-order valence-electron chi connectivity index (χ4n) is 10.0. The van der Waals surface area contributed by atoms with Crippen LogP contribution in [0.15, 0.2) is 261 Å². The van der Waals surface area contributed by atoms with Crippen LogP contribution in [0.2, 0.25) is 0 Å². The molecule has 0 saturated carbocycles. The van der Waals surface area contributed by atoms with Gasteiger partial charge in [0.1, 0.15) is 0 Å². The molecule has 0 saturated heterocycles. The third-order valence-corrected chi connectivity index (χ3v) is 13.0. The number of nitrogens with zero attached hydrogens (tertiary/aromatic N) is 1. The largest absolute Gasteiger partial charge is 0.310 e. The molecule has 0 amide bonds. The number of hydrogen-bond donors (Lipinski definition) is 0. The number of anilines is 3. The number of benzene rings is 12. The van der Waals surface area contributed by atoms with Crippen LogP contribution in [0.5, 0.6) is 0 Å². The van der Waals surface area contributed by atoms with E-state index in [0.717, 1.165) is 22.6 Å². The summed E-state index contributed by atoms with van der Waals surface area (Å²) >= 11 is 0. The van der Waals surface area contributed by atoms with E-state index in [1.165, 1.54) is 93.2 Å². The van der Waals surface area contributed by atoms with Crippen molar-refractivity contribution in [2.45, 2.75) is 0 Å². The van der Waals surface area contributed by atoms with E-state index < -0.39 is 0 Å². The maximum absolute atomic E-state index is 2.42. The third kappa shape index (κ3) is 6.92. The average molecular weight is 826 g/mol. The van der Waals surface area contributed by atoms with Crippen molar-refractivity contribution >= 4 is 60.2 Å². The molecule has 12 rings (SSSR count). The average Bonchev–Trinajstić information content (AvgIpc) is 3.38. The zero-order chi connectivity index (χ0) is 43.1. The van der Waals surface area contributed by atoms with E-state index in [0.29, 0.717) is 0 Å². The minimum absolute atomic E-state index is 1.08. The van der Waals surface area contributed by atoms with Crippen molar-refractivity contribution < 1.29 is 0 Å². The normalized spacial score (nSPS) is 11.4.